The number of halogens is 2. The zero-order chi connectivity index (χ0) is 20.2. The Bertz CT molecular complexity index is 997. The van der Waals surface area contributed by atoms with Crippen LogP contribution in [-0.4, -0.2) is 69.9 Å². The Kier molecular flexibility index (Phi) is 7.53. The van der Waals surface area contributed by atoms with Gasteiger partial charge in [0.05, 0.1) is 18.1 Å². The van der Waals surface area contributed by atoms with E-state index in [4.69, 9.17) is 17.3 Å². The maximum Gasteiger partial charge on any atom is 0.191 e. The van der Waals surface area contributed by atoms with E-state index in [-0.39, 0.29) is 24.0 Å². The van der Waals surface area contributed by atoms with Gasteiger partial charge in [0.1, 0.15) is 12.1 Å². The van der Waals surface area contributed by atoms with E-state index in [1.165, 1.54) is 12.0 Å². The molecule has 1 fully saturated rings. The summed E-state index contributed by atoms with van der Waals surface area (Å²) in [6.45, 7) is 4.68. The number of anilines is 2. The molecule has 0 unspecified atom stereocenters. The molecule has 0 bridgehead atoms. The third kappa shape index (κ3) is 5.04. The summed E-state index contributed by atoms with van der Waals surface area (Å²) in [5, 5.41) is 9.15. The van der Waals surface area contributed by atoms with E-state index >= 15 is 0 Å². The van der Waals surface area contributed by atoms with E-state index in [9.17, 15) is 0 Å². The molecule has 1 saturated heterocycles. The minimum Gasteiger partial charge on any atom is -0.370 e. The lowest BCUT2D eigenvalue weighted by Gasteiger charge is -2.36. The van der Waals surface area contributed by atoms with Gasteiger partial charge < -0.3 is 20.9 Å². The standard InChI is InChI=1S/C19H24ClN9.HI/c1-27-18-16(12-26-27)17(24-13-25-18)22-6-7-23-19(21)29-10-8-28(9-11-29)15-4-2-14(20)3-5-15;/h2-5,12-13H,6-11H2,1H3,(H2,21,23)(H,22,24,25);1H. The van der Waals surface area contributed by atoms with Gasteiger partial charge in [-0.25, -0.2) is 9.97 Å². The lowest BCUT2D eigenvalue weighted by molar-refractivity contribution is 0.381. The van der Waals surface area contributed by atoms with Crippen molar-refractivity contribution in [2.75, 3.05) is 49.5 Å². The summed E-state index contributed by atoms with van der Waals surface area (Å²) in [4.78, 5) is 17.5. The summed E-state index contributed by atoms with van der Waals surface area (Å²) in [5.74, 6) is 1.34. The number of nitrogens with zero attached hydrogens (tertiary/aromatic N) is 7. The second-order valence-electron chi connectivity index (χ2n) is 6.84. The first-order valence-corrected chi connectivity index (χ1v) is 9.91. The number of aryl methyl sites for hydroxylation is 1. The molecule has 1 aliphatic heterocycles. The molecule has 11 heteroatoms. The minimum atomic E-state index is 0. The molecule has 1 aliphatic rings. The lowest BCUT2D eigenvalue weighted by atomic mass is 10.2. The normalized spacial score (nSPS) is 14.7. The van der Waals surface area contributed by atoms with Gasteiger partial charge >= 0.3 is 0 Å². The first-order valence-electron chi connectivity index (χ1n) is 9.54. The van der Waals surface area contributed by atoms with Gasteiger partial charge in [0, 0.05) is 50.5 Å². The van der Waals surface area contributed by atoms with Crippen LogP contribution >= 0.6 is 35.6 Å². The highest BCUT2D eigenvalue weighted by Crippen LogP contribution is 2.19. The fourth-order valence-electron chi connectivity index (χ4n) is 3.39. The summed E-state index contributed by atoms with van der Waals surface area (Å²) in [6.07, 6.45) is 3.29. The van der Waals surface area contributed by atoms with E-state index < -0.39 is 0 Å². The average Bonchev–Trinajstić information content (AvgIpc) is 3.13. The van der Waals surface area contributed by atoms with E-state index in [0.29, 0.717) is 19.0 Å². The van der Waals surface area contributed by atoms with Crippen molar-refractivity contribution >= 4 is 64.1 Å². The lowest BCUT2D eigenvalue weighted by Crippen LogP contribution is -2.51. The van der Waals surface area contributed by atoms with E-state index in [1.807, 2.05) is 31.3 Å². The fraction of sp³-hybridized carbons (Fsp3) is 0.368. The number of rotatable bonds is 5. The molecule has 1 aromatic carbocycles. The van der Waals surface area contributed by atoms with Crippen LogP contribution in [0.4, 0.5) is 11.5 Å². The van der Waals surface area contributed by atoms with Crippen molar-refractivity contribution < 1.29 is 0 Å². The van der Waals surface area contributed by atoms with Crippen LogP contribution in [0.5, 0.6) is 0 Å². The van der Waals surface area contributed by atoms with Gasteiger partial charge in [-0.2, -0.15) is 5.10 Å². The highest BCUT2D eigenvalue weighted by atomic mass is 127. The Morgan fingerprint density at radius 2 is 1.90 bits per heavy atom. The molecule has 160 valence electrons. The Balaban J connectivity index is 0.00000256. The molecule has 0 saturated carbocycles. The van der Waals surface area contributed by atoms with Crippen LogP contribution in [0, 0.1) is 0 Å². The second kappa shape index (κ2) is 10.1. The number of aromatic nitrogens is 4. The van der Waals surface area contributed by atoms with Gasteiger partial charge in [0.25, 0.3) is 0 Å². The van der Waals surface area contributed by atoms with Crippen molar-refractivity contribution in [3.05, 3.63) is 41.8 Å². The van der Waals surface area contributed by atoms with Gasteiger partial charge in [0.15, 0.2) is 11.6 Å². The molecule has 3 aromatic rings. The van der Waals surface area contributed by atoms with Crippen LogP contribution in [0.1, 0.15) is 0 Å². The summed E-state index contributed by atoms with van der Waals surface area (Å²) in [6, 6.07) is 7.94. The number of piperazine rings is 1. The largest absolute Gasteiger partial charge is 0.370 e. The van der Waals surface area contributed by atoms with Gasteiger partial charge in [-0.15, -0.1) is 24.0 Å². The van der Waals surface area contributed by atoms with E-state index in [1.54, 1.807) is 10.9 Å². The monoisotopic (exact) mass is 541 g/mol. The second-order valence-corrected chi connectivity index (χ2v) is 7.28. The zero-order valence-corrected chi connectivity index (χ0v) is 19.8. The number of hydrogen-bond acceptors (Lipinski definition) is 6. The molecular weight excluding hydrogens is 517 g/mol. The van der Waals surface area contributed by atoms with Crippen molar-refractivity contribution in [1.82, 2.24) is 24.6 Å². The quantitative estimate of drug-likeness (QED) is 0.221. The first-order chi connectivity index (χ1) is 14.1. The van der Waals surface area contributed by atoms with E-state index in [2.05, 4.69) is 35.2 Å². The summed E-state index contributed by atoms with van der Waals surface area (Å²) in [5.41, 5.74) is 8.18. The molecule has 3 N–H and O–H groups in total. The maximum absolute atomic E-state index is 6.20. The van der Waals surface area contributed by atoms with Gasteiger partial charge in [0.2, 0.25) is 0 Å². The highest BCUT2D eigenvalue weighted by Gasteiger charge is 2.18. The van der Waals surface area contributed by atoms with Crippen LogP contribution in [0.3, 0.4) is 0 Å². The van der Waals surface area contributed by atoms with E-state index in [0.717, 1.165) is 48.1 Å². The smallest absolute Gasteiger partial charge is 0.191 e. The zero-order valence-electron chi connectivity index (χ0n) is 16.7. The van der Waals surface area contributed by atoms with Crippen LogP contribution < -0.4 is 16.0 Å². The van der Waals surface area contributed by atoms with Crippen LogP contribution in [0.25, 0.3) is 11.0 Å². The SMILES string of the molecule is Cn1ncc2c(NCCN=C(N)N3CCN(c4ccc(Cl)cc4)CC3)ncnc21.I. The summed E-state index contributed by atoms with van der Waals surface area (Å²) >= 11 is 5.97. The molecule has 0 atom stereocenters. The van der Waals surface area contributed by atoms with Gasteiger partial charge in [-0.1, -0.05) is 11.6 Å². The number of benzene rings is 1. The summed E-state index contributed by atoms with van der Waals surface area (Å²) in [7, 11) is 1.86. The predicted molar refractivity (Wildman–Crippen MR) is 132 cm³/mol. The molecule has 9 nitrogen and oxygen atoms in total. The maximum atomic E-state index is 6.20. The average molecular weight is 542 g/mol. The number of fused-ring (bicyclic) bond motifs is 1. The molecule has 0 amide bonds. The fourth-order valence-corrected chi connectivity index (χ4v) is 3.52. The number of nitrogens with two attached hydrogens (primary N) is 1. The third-order valence-corrected chi connectivity index (χ3v) is 5.25. The predicted octanol–water partition coefficient (Wildman–Crippen LogP) is 2.18. The number of aliphatic imine (C=N–C) groups is 1. The number of guanidine groups is 1. The first kappa shape index (κ1) is 22.3. The molecule has 2 aromatic heterocycles. The van der Waals surface area contributed by atoms with Gasteiger partial charge in [-0.05, 0) is 24.3 Å². The van der Waals surface area contributed by atoms with Crippen molar-refractivity contribution in [2.24, 2.45) is 17.8 Å². The van der Waals surface area contributed by atoms with Crippen LogP contribution in [-0.2, 0) is 7.05 Å². The third-order valence-electron chi connectivity index (χ3n) is 5.00. The van der Waals surface area contributed by atoms with Crippen LogP contribution in [0.15, 0.2) is 41.8 Å². The minimum absolute atomic E-state index is 0. The molecule has 0 aliphatic carbocycles. The topological polar surface area (TPSA) is 100 Å². The molecule has 3 heterocycles. The molecule has 4 rings (SSSR count). The molecular formula is C19H25ClIN9. The Morgan fingerprint density at radius 3 is 2.63 bits per heavy atom. The molecule has 0 spiro atoms. The number of nitrogens with one attached hydrogen (secondary N) is 1. The van der Waals surface area contributed by atoms with Crippen molar-refractivity contribution in [3.8, 4) is 0 Å². The Labute approximate surface area is 197 Å². The Morgan fingerprint density at radius 1 is 1.17 bits per heavy atom. The summed E-state index contributed by atoms with van der Waals surface area (Å²) < 4.78 is 1.72. The van der Waals surface area contributed by atoms with Crippen LogP contribution in [0.2, 0.25) is 5.02 Å². The number of hydrogen-bond donors (Lipinski definition) is 2. The Hall–Kier alpha value is -2.34. The van der Waals surface area contributed by atoms with Crippen molar-refractivity contribution in [2.45, 2.75) is 0 Å². The van der Waals surface area contributed by atoms with Crippen molar-refractivity contribution in [3.63, 3.8) is 0 Å². The van der Waals surface area contributed by atoms with Gasteiger partial charge in [-0.3, -0.25) is 9.67 Å². The van der Waals surface area contributed by atoms with Crippen molar-refractivity contribution in [1.29, 1.82) is 0 Å². The highest BCUT2D eigenvalue weighted by molar-refractivity contribution is 14.0. The molecule has 30 heavy (non-hydrogen) atoms. The molecule has 0 radical (unpaired) electrons.